The van der Waals surface area contributed by atoms with E-state index in [2.05, 4.69) is 10.6 Å². The Hall–Kier alpha value is -1.75. The van der Waals surface area contributed by atoms with Crippen LogP contribution < -0.4 is 10.6 Å². The summed E-state index contributed by atoms with van der Waals surface area (Å²) in [6.45, 7) is 3.31. The average molecular weight is 310 g/mol. The molecule has 1 aliphatic rings. The zero-order chi connectivity index (χ0) is 15.2. The van der Waals surface area contributed by atoms with Crippen LogP contribution in [0.4, 0.5) is 4.79 Å². The number of halogens is 1. The van der Waals surface area contributed by atoms with Gasteiger partial charge in [-0.2, -0.15) is 0 Å². The van der Waals surface area contributed by atoms with Crippen molar-refractivity contribution in [3.8, 4) is 0 Å². The summed E-state index contributed by atoms with van der Waals surface area (Å²) in [6.07, 6.45) is 1.55. The Labute approximate surface area is 129 Å². The van der Waals surface area contributed by atoms with E-state index in [4.69, 9.17) is 11.6 Å². The Bertz CT molecular complexity index is 521. The lowest BCUT2D eigenvalue weighted by Crippen LogP contribution is -2.42. The van der Waals surface area contributed by atoms with Crippen LogP contribution >= 0.6 is 11.6 Å². The molecule has 1 aromatic carbocycles. The predicted molar refractivity (Wildman–Crippen MR) is 82.3 cm³/mol. The molecule has 0 aliphatic carbocycles. The van der Waals surface area contributed by atoms with Gasteiger partial charge >= 0.3 is 6.03 Å². The number of urea groups is 1. The number of nitrogens with one attached hydrogen (secondary N) is 2. The second-order valence-corrected chi connectivity index (χ2v) is 5.68. The molecule has 0 saturated carbocycles. The SMILES string of the molecule is CC(=O)N[C@H]1CCN(C(=O)NCCc2cccc(Cl)c2)C1. The summed E-state index contributed by atoms with van der Waals surface area (Å²) in [4.78, 5) is 24.7. The molecule has 3 amide bonds. The molecule has 1 fully saturated rings. The number of rotatable bonds is 4. The number of hydrogen-bond acceptors (Lipinski definition) is 2. The molecule has 1 saturated heterocycles. The van der Waals surface area contributed by atoms with Crippen molar-refractivity contribution < 1.29 is 9.59 Å². The second kappa shape index (κ2) is 7.31. The zero-order valence-corrected chi connectivity index (χ0v) is 12.8. The zero-order valence-electron chi connectivity index (χ0n) is 12.1. The monoisotopic (exact) mass is 309 g/mol. The molecule has 1 aromatic rings. The van der Waals surface area contributed by atoms with Crippen LogP contribution in [0.2, 0.25) is 5.02 Å². The molecule has 0 spiro atoms. The number of nitrogens with zero attached hydrogens (tertiary/aromatic N) is 1. The van der Waals surface area contributed by atoms with Gasteiger partial charge in [0.25, 0.3) is 0 Å². The molecule has 1 aliphatic heterocycles. The van der Waals surface area contributed by atoms with Crippen molar-refractivity contribution in [2.45, 2.75) is 25.8 Å². The van der Waals surface area contributed by atoms with Crippen molar-refractivity contribution >= 4 is 23.5 Å². The molecular formula is C15H20ClN3O2. The fraction of sp³-hybridized carbons (Fsp3) is 0.467. The number of hydrogen-bond donors (Lipinski definition) is 2. The van der Waals surface area contributed by atoms with Gasteiger partial charge in [0.2, 0.25) is 5.91 Å². The van der Waals surface area contributed by atoms with Crippen molar-refractivity contribution in [1.82, 2.24) is 15.5 Å². The third-order valence-electron chi connectivity index (χ3n) is 3.46. The third-order valence-corrected chi connectivity index (χ3v) is 3.70. The van der Waals surface area contributed by atoms with Gasteiger partial charge in [-0.3, -0.25) is 4.79 Å². The highest BCUT2D eigenvalue weighted by molar-refractivity contribution is 6.30. The lowest BCUT2D eigenvalue weighted by atomic mass is 10.1. The van der Waals surface area contributed by atoms with Gasteiger partial charge in [-0.15, -0.1) is 0 Å². The van der Waals surface area contributed by atoms with E-state index in [1.807, 2.05) is 24.3 Å². The maximum absolute atomic E-state index is 12.0. The highest BCUT2D eigenvalue weighted by Gasteiger charge is 2.26. The van der Waals surface area contributed by atoms with Crippen LogP contribution in [-0.2, 0) is 11.2 Å². The maximum atomic E-state index is 12.0. The van der Waals surface area contributed by atoms with Gasteiger partial charge in [0.05, 0.1) is 0 Å². The largest absolute Gasteiger partial charge is 0.352 e. The van der Waals surface area contributed by atoms with Gasteiger partial charge in [-0.1, -0.05) is 23.7 Å². The number of benzene rings is 1. The molecule has 0 bridgehead atoms. The molecular weight excluding hydrogens is 290 g/mol. The normalized spacial score (nSPS) is 17.6. The second-order valence-electron chi connectivity index (χ2n) is 5.24. The van der Waals surface area contributed by atoms with Crippen LogP contribution in [0, 0.1) is 0 Å². The van der Waals surface area contributed by atoms with Crippen molar-refractivity contribution in [3.05, 3.63) is 34.9 Å². The van der Waals surface area contributed by atoms with E-state index in [0.717, 1.165) is 18.4 Å². The van der Waals surface area contributed by atoms with Gasteiger partial charge in [0.1, 0.15) is 0 Å². The molecule has 0 aromatic heterocycles. The summed E-state index contributed by atoms with van der Waals surface area (Å²) in [5, 5.41) is 6.44. The molecule has 6 heteroatoms. The lowest BCUT2D eigenvalue weighted by molar-refractivity contribution is -0.119. The summed E-state index contributed by atoms with van der Waals surface area (Å²) in [5.74, 6) is -0.0526. The van der Waals surface area contributed by atoms with E-state index in [9.17, 15) is 9.59 Å². The number of likely N-dealkylation sites (tertiary alicyclic amines) is 1. The van der Waals surface area contributed by atoms with Crippen molar-refractivity contribution in [2.75, 3.05) is 19.6 Å². The molecule has 114 valence electrons. The molecule has 2 N–H and O–H groups in total. The Balaban J connectivity index is 1.72. The standard InChI is InChI=1S/C15H20ClN3O2/c1-11(20)18-14-6-8-19(10-14)15(21)17-7-5-12-3-2-4-13(16)9-12/h2-4,9,14H,5-8,10H2,1H3,(H,17,21)(H,18,20)/t14-/m0/s1. The summed E-state index contributed by atoms with van der Waals surface area (Å²) in [7, 11) is 0. The van der Waals surface area contributed by atoms with E-state index in [1.54, 1.807) is 4.90 Å². The highest BCUT2D eigenvalue weighted by Crippen LogP contribution is 2.11. The van der Waals surface area contributed by atoms with Crippen molar-refractivity contribution in [1.29, 1.82) is 0 Å². The van der Waals surface area contributed by atoms with Crippen molar-refractivity contribution in [2.24, 2.45) is 0 Å². The van der Waals surface area contributed by atoms with Crippen LogP contribution in [0.1, 0.15) is 18.9 Å². The summed E-state index contributed by atoms with van der Waals surface area (Å²) in [6, 6.07) is 7.61. The summed E-state index contributed by atoms with van der Waals surface area (Å²) < 4.78 is 0. The number of carbonyl (C=O) groups excluding carboxylic acids is 2. The fourth-order valence-corrected chi connectivity index (χ4v) is 2.68. The van der Waals surface area contributed by atoms with Gasteiger partial charge < -0.3 is 15.5 Å². The first-order valence-corrected chi connectivity index (χ1v) is 7.46. The van der Waals surface area contributed by atoms with E-state index in [0.29, 0.717) is 24.7 Å². The van der Waals surface area contributed by atoms with Gasteiger partial charge in [-0.25, -0.2) is 4.79 Å². The molecule has 1 heterocycles. The molecule has 0 unspecified atom stereocenters. The van der Waals surface area contributed by atoms with Crippen molar-refractivity contribution in [3.63, 3.8) is 0 Å². The van der Waals surface area contributed by atoms with E-state index < -0.39 is 0 Å². The number of carbonyl (C=O) groups is 2. The first-order valence-electron chi connectivity index (χ1n) is 7.09. The minimum Gasteiger partial charge on any atom is -0.352 e. The molecule has 21 heavy (non-hydrogen) atoms. The summed E-state index contributed by atoms with van der Waals surface area (Å²) >= 11 is 5.92. The number of amides is 3. The minimum absolute atomic E-state index is 0.0526. The fourth-order valence-electron chi connectivity index (χ4n) is 2.47. The van der Waals surface area contributed by atoms with E-state index in [1.165, 1.54) is 6.92 Å². The molecule has 0 radical (unpaired) electrons. The quantitative estimate of drug-likeness (QED) is 0.891. The van der Waals surface area contributed by atoms with E-state index in [-0.39, 0.29) is 18.0 Å². The third kappa shape index (κ3) is 4.93. The van der Waals surface area contributed by atoms with Gasteiger partial charge in [-0.05, 0) is 30.5 Å². The van der Waals surface area contributed by atoms with Crippen LogP contribution in [0.15, 0.2) is 24.3 Å². The first-order chi connectivity index (χ1) is 10.0. The molecule has 5 nitrogen and oxygen atoms in total. The average Bonchev–Trinajstić information content (AvgIpc) is 2.86. The Morgan fingerprint density at radius 3 is 2.95 bits per heavy atom. The smallest absolute Gasteiger partial charge is 0.317 e. The molecule has 1 atom stereocenters. The van der Waals surface area contributed by atoms with Crippen LogP contribution in [0.25, 0.3) is 0 Å². The van der Waals surface area contributed by atoms with Gasteiger partial charge in [0.15, 0.2) is 0 Å². The Morgan fingerprint density at radius 2 is 2.24 bits per heavy atom. The lowest BCUT2D eigenvalue weighted by Gasteiger charge is -2.17. The minimum atomic E-state index is -0.0788. The maximum Gasteiger partial charge on any atom is 0.317 e. The highest BCUT2D eigenvalue weighted by atomic mass is 35.5. The molecule has 2 rings (SSSR count). The summed E-state index contributed by atoms with van der Waals surface area (Å²) in [5.41, 5.74) is 1.10. The topological polar surface area (TPSA) is 61.4 Å². The van der Waals surface area contributed by atoms with Crippen LogP contribution in [-0.4, -0.2) is 42.5 Å². The van der Waals surface area contributed by atoms with Gasteiger partial charge in [0, 0.05) is 37.6 Å². The first kappa shape index (κ1) is 15.6. The Kier molecular flexibility index (Phi) is 5.44. The predicted octanol–water partition coefficient (Wildman–Crippen LogP) is 1.80. The van der Waals surface area contributed by atoms with Crippen LogP contribution in [0.3, 0.4) is 0 Å². The van der Waals surface area contributed by atoms with Crippen LogP contribution in [0.5, 0.6) is 0 Å². The van der Waals surface area contributed by atoms with E-state index >= 15 is 0 Å². The Morgan fingerprint density at radius 1 is 1.43 bits per heavy atom.